The van der Waals surface area contributed by atoms with Crippen LogP contribution in [-0.4, -0.2) is 40.6 Å². The van der Waals surface area contributed by atoms with Gasteiger partial charge in [0.05, 0.1) is 4.92 Å². The molecule has 1 N–H and O–H groups in total. The Morgan fingerprint density at radius 2 is 1.90 bits per heavy atom. The molecule has 20 heavy (non-hydrogen) atoms. The van der Waals surface area contributed by atoms with Gasteiger partial charge in [-0.1, -0.05) is 12.1 Å². The van der Waals surface area contributed by atoms with Crippen molar-refractivity contribution in [2.45, 2.75) is 6.92 Å². The number of nitro groups is 1. The molecule has 1 fully saturated rings. The number of amides is 3. The van der Waals surface area contributed by atoms with Crippen LogP contribution in [0.15, 0.2) is 18.2 Å². The van der Waals surface area contributed by atoms with E-state index in [9.17, 15) is 24.5 Å². The molecule has 1 aliphatic heterocycles. The number of imide groups is 1. The molecule has 1 aromatic rings. The first-order valence-corrected chi connectivity index (χ1v) is 5.76. The molecule has 3 amide bonds. The number of nitrogens with zero attached hydrogens (tertiary/aromatic N) is 2. The van der Waals surface area contributed by atoms with Crippen molar-refractivity contribution >= 4 is 23.4 Å². The maximum atomic E-state index is 12.3. The Morgan fingerprint density at radius 3 is 2.45 bits per heavy atom. The summed E-state index contributed by atoms with van der Waals surface area (Å²) in [5.41, 5.74) is -0.0953. The van der Waals surface area contributed by atoms with E-state index in [1.807, 2.05) is 0 Å². The van der Waals surface area contributed by atoms with Crippen LogP contribution in [0.4, 0.5) is 5.69 Å². The second-order valence-corrected chi connectivity index (χ2v) is 4.36. The molecular formula is C12H11N3O5. The molecule has 0 atom stereocenters. The maximum Gasteiger partial charge on any atom is 0.285 e. The van der Waals surface area contributed by atoms with Gasteiger partial charge in [-0.15, -0.1) is 0 Å². The van der Waals surface area contributed by atoms with E-state index in [2.05, 4.69) is 5.32 Å². The minimum absolute atomic E-state index is 0.127. The normalized spacial score (nSPS) is 14.9. The molecule has 1 aromatic carbocycles. The lowest BCUT2D eigenvalue weighted by Gasteiger charge is -2.25. The highest BCUT2D eigenvalue weighted by Gasteiger charge is 2.31. The SMILES string of the molecule is Cc1cccc(C(=O)N2CC(=O)NC(=O)C2)c1[N+](=O)[O-]. The van der Waals surface area contributed by atoms with Gasteiger partial charge in [0.1, 0.15) is 18.7 Å². The van der Waals surface area contributed by atoms with E-state index in [4.69, 9.17) is 0 Å². The van der Waals surface area contributed by atoms with Gasteiger partial charge in [-0.05, 0) is 13.0 Å². The molecule has 0 unspecified atom stereocenters. The predicted molar refractivity (Wildman–Crippen MR) is 66.9 cm³/mol. The van der Waals surface area contributed by atoms with Gasteiger partial charge in [-0.2, -0.15) is 0 Å². The van der Waals surface area contributed by atoms with Crippen LogP contribution in [0.3, 0.4) is 0 Å². The van der Waals surface area contributed by atoms with Gasteiger partial charge in [-0.3, -0.25) is 29.8 Å². The van der Waals surface area contributed by atoms with Crippen LogP contribution in [0.2, 0.25) is 0 Å². The van der Waals surface area contributed by atoms with E-state index < -0.39 is 22.6 Å². The zero-order valence-corrected chi connectivity index (χ0v) is 10.6. The summed E-state index contributed by atoms with van der Waals surface area (Å²) in [6.45, 7) is 0.925. The minimum Gasteiger partial charge on any atom is -0.320 e. The Hall–Kier alpha value is -2.77. The Kier molecular flexibility index (Phi) is 3.47. The molecule has 0 saturated carbocycles. The largest absolute Gasteiger partial charge is 0.320 e. The van der Waals surface area contributed by atoms with Gasteiger partial charge in [0, 0.05) is 5.56 Å². The predicted octanol–water partition coefficient (Wildman–Crippen LogP) is 0.00182. The summed E-state index contributed by atoms with van der Waals surface area (Å²) in [5.74, 6) is -1.92. The minimum atomic E-state index is -0.705. The number of nitro benzene ring substituents is 1. The summed E-state index contributed by atoms with van der Waals surface area (Å²) in [7, 11) is 0. The number of carbonyl (C=O) groups is 3. The highest BCUT2D eigenvalue weighted by Crippen LogP contribution is 2.24. The molecule has 8 heteroatoms. The Labute approximate surface area is 113 Å². The lowest BCUT2D eigenvalue weighted by atomic mass is 10.1. The third-order valence-corrected chi connectivity index (χ3v) is 2.89. The van der Waals surface area contributed by atoms with Crippen LogP contribution >= 0.6 is 0 Å². The van der Waals surface area contributed by atoms with Crippen molar-refractivity contribution in [3.8, 4) is 0 Å². The fourth-order valence-corrected chi connectivity index (χ4v) is 2.02. The van der Waals surface area contributed by atoms with Gasteiger partial charge in [0.15, 0.2) is 0 Å². The van der Waals surface area contributed by atoms with Crippen molar-refractivity contribution in [2.75, 3.05) is 13.1 Å². The first kappa shape index (κ1) is 13.7. The average molecular weight is 277 g/mol. The number of rotatable bonds is 2. The number of carbonyl (C=O) groups excluding carboxylic acids is 3. The third-order valence-electron chi connectivity index (χ3n) is 2.89. The molecule has 1 heterocycles. The first-order chi connectivity index (χ1) is 9.40. The van der Waals surface area contributed by atoms with E-state index >= 15 is 0 Å². The van der Waals surface area contributed by atoms with E-state index in [1.165, 1.54) is 25.1 Å². The summed E-state index contributed by atoms with van der Waals surface area (Å²) in [6.07, 6.45) is 0. The van der Waals surface area contributed by atoms with Crippen molar-refractivity contribution in [1.29, 1.82) is 0 Å². The zero-order valence-electron chi connectivity index (χ0n) is 10.6. The molecule has 0 aliphatic carbocycles. The lowest BCUT2D eigenvalue weighted by molar-refractivity contribution is -0.385. The van der Waals surface area contributed by atoms with Crippen molar-refractivity contribution < 1.29 is 19.3 Å². The van der Waals surface area contributed by atoms with Gasteiger partial charge in [0.2, 0.25) is 11.8 Å². The molecule has 0 spiro atoms. The van der Waals surface area contributed by atoms with Crippen molar-refractivity contribution in [3.05, 3.63) is 39.4 Å². The lowest BCUT2D eigenvalue weighted by Crippen LogP contribution is -2.53. The monoisotopic (exact) mass is 277 g/mol. The van der Waals surface area contributed by atoms with E-state index in [-0.39, 0.29) is 24.3 Å². The van der Waals surface area contributed by atoms with Crippen molar-refractivity contribution in [2.24, 2.45) is 0 Å². The highest BCUT2D eigenvalue weighted by molar-refractivity contribution is 6.07. The van der Waals surface area contributed by atoms with Gasteiger partial charge < -0.3 is 4.90 Å². The van der Waals surface area contributed by atoms with Crippen LogP contribution in [0.25, 0.3) is 0 Å². The summed E-state index contributed by atoms with van der Waals surface area (Å²) >= 11 is 0. The smallest absolute Gasteiger partial charge is 0.285 e. The Balaban J connectivity index is 2.39. The average Bonchev–Trinajstić information content (AvgIpc) is 2.35. The van der Waals surface area contributed by atoms with Crippen LogP contribution in [0.5, 0.6) is 0 Å². The fraction of sp³-hybridized carbons (Fsp3) is 0.250. The van der Waals surface area contributed by atoms with Crippen LogP contribution < -0.4 is 5.32 Å². The number of para-hydroxylation sites is 1. The summed E-state index contributed by atoms with van der Waals surface area (Å²) in [4.78, 5) is 46.1. The number of hydrogen-bond acceptors (Lipinski definition) is 5. The molecule has 104 valence electrons. The van der Waals surface area contributed by atoms with Crippen molar-refractivity contribution in [3.63, 3.8) is 0 Å². The number of benzene rings is 1. The van der Waals surface area contributed by atoms with Gasteiger partial charge in [0.25, 0.3) is 11.6 Å². The fourth-order valence-electron chi connectivity index (χ4n) is 2.02. The number of hydrogen-bond donors (Lipinski definition) is 1. The van der Waals surface area contributed by atoms with Crippen LogP contribution in [0, 0.1) is 17.0 Å². The topological polar surface area (TPSA) is 110 Å². The second kappa shape index (κ2) is 5.08. The summed E-state index contributed by atoms with van der Waals surface area (Å²) < 4.78 is 0. The molecule has 0 bridgehead atoms. The molecule has 1 aliphatic rings. The quantitative estimate of drug-likeness (QED) is 0.465. The molecular weight excluding hydrogens is 266 g/mol. The highest BCUT2D eigenvalue weighted by atomic mass is 16.6. The maximum absolute atomic E-state index is 12.3. The van der Waals surface area contributed by atoms with Gasteiger partial charge >= 0.3 is 0 Å². The number of piperazine rings is 1. The molecule has 8 nitrogen and oxygen atoms in total. The van der Waals surface area contributed by atoms with Crippen LogP contribution in [-0.2, 0) is 9.59 Å². The molecule has 0 radical (unpaired) electrons. The van der Waals surface area contributed by atoms with E-state index in [0.29, 0.717) is 5.56 Å². The first-order valence-electron chi connectivity index (χ1n) is 5.76. The number of nitrogens with one attached hydrogen (secondary N) is 1. The second-order valence-electron chi connectivity index (χ2n) is 4.36. The van der Waals surface area contributed by atoms with Crippen LogP contribution in [0.1, 0.15) is 15.9 Å². The zero-order chi connectivity index (χ0) is 14.9. The molecule has 0 aromatic heterocycles. The third kappa shape index (κ3) is 2.48. The Morgan fingerprint density at radius 1 is 1.30 bits per heavy atom. The summed E-state index contributed by atoms with van der Waals surface area (Å²) in [6, 6.07) is 4.34. The van der Waals surface area contributed by atoms with Gasteiger partial charge in [-0.25, -0.2) is 0 Å². The Bertz CT molecular complexity index is 610. The van der Waals surface area contributed by atoms with E-state index in [1.54, 1.807) is 0 Å². The standard InChI is InChI=1S/C12H11N3O5/c1-7-3-2-4-8(11(7)15(19)20)12(18)14-5-9(16)13-10(17)6-14/h2-4H,5-6H2,1H3,(H,13,16,17). The molecule has 1 saturated heterocycles. The van der Waals surface area contributed by atoms with E-state index in [0.717, 1.165) is 4.90 Å². The summed E-state index contributed by atoms with van der Waals surface area (Å²) in [5, 5.41) is 13.1. The number of aryl methyl sites for hydroxylation is 1. The van der Waals surface area contributed by atoms with Crippen molar-refractivity contribution in [1.82, 2.24) is 10.2 Å². The molecule has 2 rings (SSSR count).